The van der Waals surface area contributed by atoms with Gasteiger partial charge in [0.15, 0.2) is 0 Å². The Labute approximate surface area is 103 Å². The van der Waals surface area contributed by atoms with Crippen LogP contribution in [-0.4, -0.2) is 25.2 Å². The molecule has 0 spiro atoms. The second kappa shape index (κ2) is 8.48. The first-order valence-electron chi connectivity index (χ1n) is 5.78. The Kier molecular flexibility index (Phi) is 7.10. The Bertz CT molecular complexity index is 274. The molecule has 90 valence electrons. The molecule has 0 unspecified atom stereocenters. The molecule has 0 aliphatic rings. The van der Waals surface area contributed by atoms with Crippen LogP contribution in [0.25, 0.3) is 0 Å². The number of benzene rings is 1. The van der Waals surface area contributed by atoms with Crippen LogP contribution in [0.1, 0.15) is 18.9 Å². The van der Waals surface area contributed by atoms with Crippen molar-refractivity contribution in [2.45, 2.75) is 19.9 Å². The maximum atomic E-state index is 5.53. The van der Waals surface area contributed by atoms with E-state index in [4.69, 9.17) is 4.74 Å². The van der Waals surface area contributed by atoms with Gasteiger partial charge in [0, 0.05) is 18.8 Å². The molecule has 0 saturated carbocycles. The highest BCUT2D eigenvalue weighted by atomic mass is 32.2. The summed E-state index contributed by atoms with van der Waals surface area (Å²) in [6.45, 7) is 4.92. The van der Waals surface area contributed by atoms with Gasteiger partial charge in [-0.25, -0.2) is 0 Å². The van der Waals surface area contributed by atoms with E-state index in [-0.39, 0.29) is 0 Å². The van der Waals surface area contributed by atoms with Gasteiger partial charge >= 0.3 is 0 Å². The summed E-state index contributed by atoms with van der Waals surface area (Å²) in [6.07, 6.45) is 3.18. The van der Waals surface area contributed by atoms with Crippen molar-refractivity contribution in [3.05, 3.63) is 29.8 Å². The normalized spacial score (nSPS) is 10.4. The van der Waals surface area contributed by atoms with Crippen LogP contribution in [-0.2, 0) is 6.54 Å². The van der Waals surface area contributed by atoms with Crippen molar-refractivity contribution < 1.29 is 4.74 Å². The summed E-state index contributed by atoms with van der Waals surface area (Å²) in [4.78, 5) is 0. The molecule has 2 nitrogen and oxygen atoms in total. The summed E-state index contributed by atoms with van der Waals surface area (Å²) in [5.41, 5.74) is 1.31. The topological polar surface area (TPSA) is 21.3 Å². The molecule has 0 heterocycles. The zero-order valence-electron chi connectivity index (χ0n) is 10.2. The van der Waals surface area contributed by atoms with Crippen molar-refractivity contribution in [2.24, 2.45) is 0 Å². The Hall–Kier alpha value is -0.670. The van der Waals surface area contributed by atoms with Crippen LogP contribution < -0.4 is 10.1 Å². The molecule has 0 aliphatic heterocycles. The summed E-state index contributed by atoms with van der Waals surface area (Å²) < 4.78 is 5.53. The molecule has 0 bridgehead atoms. The second-order valence-corrected chi connectivity index (χ2v) is 4.65. The molecule has 3 heteroatoms. The molecule has 1 rings (SSSR count). The van der Waals surface area contributed by atoms with Gasteiger partial charge in [-0.1, -0.05) is 19.1 Å². The minimum absolute atomic E-state index is 0.797. The first-order chi connectivity index (χ1) is 7.86. The quantitative estimate of drug-likeness (QED) is 0.705. The smallest absolute Gasteiger partial charge is 0.119 e. The Morgan fingerprint density at radius 2 is 2.00 bits per heavy atom. The second-order valence-electron chi connectivity index (χ2n) is 3.66. The highest BCUT2D eigenvalue weighted by molar-refractivity contribution is 7.98. The van der Waals surface area contributed by atoms with Crippen LogP contribution in [0.5, 0.6) is 5.75 Å². The van der Waals surface area contributed by atoms with Crippen molar-refractivity contribution in [1.29, 1.82) is 0 Å². The molecular weight excluding hydrogens is 218 g/mol. The zero-order chi connectivity index (χ0) is 11.6. The molecule has 0 saturated heterocycles. The Balaban J connectivity index is 2.27. The molecule has 1 aromatic carbocycles. The minimum Gasteiger partial charge on any atom is -0.494 e. The van der Waals surface area contributed by atoms with Crippen molar-refractivity contribution in [1.82, 2.24) is 5.32 Å². The van der Waals surface area contributed by atoms with Crippen LogP contribution >= 0.6 is 11.8 Å². The number of nitrogens with one attached hydrogen (secondary N) is 1. The lowest BCUT2D eigenvalue weighted by molar-refractivity contribution is 0.317. The number of thioether (sulfide) groups is 1. The van der Waals surface area contributed by atoms with Gasteiger partial charge in [-0.05, 0) is 30.4 Å². The highest BCUT2D eigenvalue weighted by Crippen LogP contribution is 2.12. The summed E-state index contributed by atoms with van der Waals surface area (Å²) in [5, 5.41) is 3.40. The van der Waals surface area contributed by atoms with Crippen molar-refractivity contribution >= 4 is 11.8 Å². The first kappa shape index (κ1) is 13.4. The highest BCUT2D eigenvalue weighted by Gasteiger charge is 1.95. The monoisotopic (exact) mass is 239 g/mol. The van der Waals surface area contributed by atoms with E-state index >= 15 is 0 Å². The van der Waals surface area contributed by atoms with Crippen LogP contribution in [0.2, 0.25) is 0 Å². The van der Waals surface area contributed by atoms with E-state index in [0.717, 1.165) is 37.6 Å². The lowest BCUT2D eigenvalue weighted by atomic mass is 10.2. The van der Waals surface area contributed by atoms with Gasteiger partial charge < -0.3 is 10.1 Å². The van der Waals surface area contributed by atoms with Gasteiger partial charge in [0.25, 0.3) is 0 Å². The fourth-order valence-electron chi connectivity index (χ4n) is 1.33. The fraction of sp³-hybridized carbons (Fsp3) is 0.538. The third kappa shape index (κ3) is 5.42. The van der Waals surface area contributed by atoms with Crippen LogP contribution in [0.3, 0.4) is 0 Å². The lowest BCUT2D eigenvalue weighted by Gasteiger charge is -2.06. The molecule has 16 heavy (non-hydrogen) atoms. The van der Waals surface area contributed by atoms with Crippen LogP contribution in [0.4, 0.5) is 0 Å². The maximum absolute atomic E-state index is 5.53. The summed E-state index contributed by atoms with van der Waals surface area (Å²) in [7, 11) is 0. The van der Waals surface area contributed by atoms with E-state index in [1.165, 1.54) is 5.56 Å². The molecule has 0 aromatic heterocycles. The molecule has 1 aromatic rings. The maximum Gasteiger partial charge on any atom is 0.119 e. The fourth-order valence-corrected chi connectivity index (χ4v) is 1.68. The van der Waals surface area contributed by atoms with Crippen molar-refractivity contribution in [3.8, 4) is 5.75 Å². The van der Waals surface area contributed by atoms with Crippen LogP contribution in [0, 0.1) is 0 Å². The van der Waals surface area contributed by atoms with E-state index in [2.05, 4.69) is 30.6 Å². The lowest BCUT2D eigenvalue weighted by Crippen LogP contribution is -2.16. The standard InChI is InChI=1S/C13H21NOS/c1-3-9-15-13-6-4-12(5-7-13)11-14-8-10-16-2/h4-7,14H,3,8-11H2,1-2H3. The van der Waals surface area contributed by atoms with E-state index < -0.39 is 0 Å². The molecule has 0 amide bonds. The van der Waals surface area contributed by atoms with Gasteiger partial charge in [-0.15, -0.1) is 0 Å². The summed E-state index contributed by atoms with van der Waals surface area (Å²) >= 11 is 1.87. The van der Waals surface area contributed by atoms with E-state index in [1.54, 1.807) is 0 Å². The average Bonchev–Trinajstić information content (AvgIpc) is 2.33. The number of ether oxygens (including phenoxy) is 1. The zero-order valence-corrected chi connectivity index (χ0v) is 11.0. The van der Waals surface area contributed by atoms with E-state index in [9.17, 15) is 0 Å². The van der Waals surface area contributed by atoms with Gasteiger partial charge in [-0.2, -0.15) is 11.8 Å². The molecule has 1 N–H and O–H groups in total. The van der Waals surface area contributed by atoms with Crippen molar-refractivity contribution in [3.63, 3.8) is 0 Å². The number of rotatable bonds is 8. The van der Waals surface area contributed by atoms with Gasteiger partial charge in [0.05, 0.1) is 6.61 Å². The summed E-state index contributed by atoms with van der Waals surface area (Å²) in [6, 6.07) is 8.33. The Morgan fingerprint density at radius 3 is 2.62 bits per heavy atom. The van der Waals surface area contributed by atoms with Gasteiger partial charge in [0.1, 0.15) is 5.75 Å². The predicted octanol–water partition coefficient (Wildman–Crippen LogP) is 2.93. The molecular formula is C13H21NOS. The minimum atomic E-state index is 0.797. The van der Waals surface area contributed by atoms with Gasteiger partial charge in [-0.3, -0.25) is 0 Å². The molecule has 0 radical (unpaired) electrons. The first-order valence-corrected chi connectivity index (χ1v) is 7.17. The molecule has 0 fully saturated rings. The average molecular weight is 239 g/mol. The SMILES string of the molecule is CCCOc1ccc(CNCCSC)cc1. The van der Waals surface area contributed by atoms with Crippen LogP contribution in [0.15, 0.2) is 24.3 Å². The molecule has 0 aliphatic carbocycles. The third-order valence-corrected chi connectivity index (χ3v) is 2.82. The largest absolute Gasteiger partial charge is 0.494 e. The van der Waals surface area contributed by atoms with E-state index in [1.807, 2.05) is 23.9 Å². The number of hydrogen-bond acceptors (Lipinski definition) is 3. The van der Waals surface area contributed by atoms with E-state index in [0.29, 0.717) is 0 Å². The molecule has 0 atom stereocenters. The van der Waals surface area contributed by atoms with Crippen molar-refractivity contribution in [2.75, 3.05) is 25.2 Å². The van der Waals surface area contributed by atoms with Gasteiger partial charge in [0.2, 0.25) is 0 Å². The Morgan fingerprint density at radius 1 is 1.25 bits per heavy atom. The summed E-state index contributed by atoms with van der Waals surface area (Å²) in [5.74, 6) is 2.13. The predicted molar refractivity (Wildman–Crippen MR) is 72.3 cm³/mol. The third-order valence-electron chi connectivity index (χ3n) is 2.21. The number of hydrogen-bond donors (Lipinski definition) is 1.